The van der Waals surface area contributed by atoms with Crippen molar-refractivity contribution in [1.29, 1.82) is 0 Å². The second-order valence-corrected chi connectivity index (χ2v) is 8.69. The molecule has 0 aromatic carbocycles. The predicted molar refractivity (Wildman–Crippen MR) is 115 cm³/mol. The van der Waals surface area contributed by atoms with E-state index in [-0.39, 0.29) is 23.7 Å². The molecule has 4 rings (SSSR count). The number of amides is 1. The number of piperidine rings is 1. The van der Waals surface area contributed by atoms with Crippen LogP contribution >= 0.6 is 0 Å². The maximum absolute atomic E-state index is 12.8. The lowest BCUT2D eigenvalue weighted by Crippen LogP contribution is -2.28. The van der Waals surface area contributed by atoms with E-state index in [1.807, 2.05) is 18.2 Å². The van der Waals surface area contributed by atoms with E-state index in [9.17, 15) is 14.7 Å². The summed E-state index contributed by atoms with van der Waals surface area (Å²) >= 11 is 0. The molecule has 8 heteroatoms. The number of nitrogens with one attached hydrogen (secondary N) is 1. The van der Waals surface area contributed by atoms with Gasteiger partial charge in [0.25, 0.3) is 5.91 Å². The van der Waals surface area contributed by atoms with Crippen molar-refractivity contribution < 1.29 is 19.4 Å². The van der Waals surface area contributed by atoms with Crippen LogP contribution in [0.15, 0.2) is 36.7 Å². The summed E-state index contributed by atoms with van der Waals surface area (Å²) in [6, 6.07) is 7.26. The lowest BCUT2D eigenvalue weighted by atomic mass is 10.1. The van der Waals surface area contributed by atoms with Gasteiger partial charge in [-0.25, -0.2) is 0 Å². The second-order valence-electron chi connectivity index (χ2n) is 8.69. The smallest absolute Gasteiger partial charge is 0.307 e. The monoisotopic (exact) mass is 424 g/mol. The van der Waals surface area contributed by atoms with Gasteiger partial charge in [-0.3, -0.25) is 14.6 Å². The van der Waals surface area contributed by atoms with E-state index in [0.717, 1.165) is 17.8 Å². The predicted octanol–water partition coefficient (Wildman–Crippen LogP) is 2.60. The van der Waals surface area contributed by atoms with Crippen LogP contribution in [0.25, 0.3) is 0 Å². The fraction of sp³-hybridized carbons (Fsp3) is 0.478. The van der Waals surface area contributed by atoms with Crippen LogP contribution < -0.4 is 15.0 Å². The lowest BCUT2D eigenvalue weighted by molar-refractivity contribution is -0.139. The number of carboxylic acids is 1. The van der Waals surface area contributed by atoms with E-state index in [2.05, 4.69) is 34.0 Å². The molecule has 1 unspecified atom stereocenters. The molecule has 3 heterocycles. The van der Waals surface area contributed by atoms with E-state index < -0.39 is 5.97 Å². The Morgan fingerprint density at radius 3 is 2.55 bits per heavy atom. The minimum atomic E-state index is -0.707. The van der Waals surface area contributed by atoms with Crippen molar-refractivity contribution in [2.75, 3.05) is 24.6 Å². The summed E-state index contributed by atoms with van der Waals surface area (Å²) in [5.74, 6) is 0.720. The number of carbonyl (C=O) groups is 2. The Hall–Kier alpha value is -3.16. The quantitative estimate of drug-likeness (QED) is 0.637. The highest BCUT2D eigenvalue weighted by atomic mass is 16.5. The lowest BCUT2D eigenvalue weighted by Gasteiger charge is -2.22. The van der Waals surface area contributed by atoms with Crippen molar-refractivity contribution >= 4 is 17.7 Å². The van der Waals surface area contributed by atoms with Crippen molar-refractivity contribution in [1.82, 2.24) is 15.3 Å². The van der Waals surface area contributed by atoms with Crippen LogP contribution in [0.5, 0.6) is 5.88 Å². The molecule has 2 aromatic heterocycles. The average molecular weight is 425 g/mol. The topological polar surface area (TPSA) is 105 Å². The van der Waals surface area contributed by atoms with Crippen molar-refractivity contribution in [3.8, 4) is 5.88 Å². The van der Waals surface area contributed by atoms with E-state index in [4.69, 9.17) is 4.74 Å². The van der Waals surface area contributed by atoms with E-state index >= 15 is 0 Å². The molecule has 3 atom stereocenters. The number of hydrogen-bond acceptors (Lipinski definition) is 6. The first-order chi connectivity index (χ1) is 14.9. The zero-order chi connectivity index (χ0) is 22.0. The molecule has 1 saturated heterocycles. The summed E-state index contributed by atoms with van der Waals surface area (Å²) in [5.41, 5.74) is 1.36. The first-order valence-electron chi connectivity index (χ1n) is 10.7. The van der Waals surface area contributed by atoms with Crippen LogP contribution in [0.3, 0.4) is 0 Å². The van der Waals surface area contributed by atoms with Crippen LogP contribution in [0.4, 0.5) is 5.82 Å². The summed E-state index contributed by atoms with van der Waals surface area (Å²) in [7, 11) is 0. The zero-order valence-electron chi connectivity index (χ0n) is 17.8. The Morgan fingerprint density at radius 2 is 1.90 bits per heavy atom. The number of carbonyl (C=O) groups excluding carboxylic acids is 1. The number of rotatable bonds is 9. The van der Waals surface area contributed by atoms with Gasteiger partial charge in [0.1, 0.15) is 11.4 Å². The van der Waals surface area contributed by atoms with Gasteiger partial charge in [0.05, 0.1) is 12.5 Å². The highest BCUT2D eigenvalue weighted by Gasteiger charge is 2.60. The fourth-order valence-electron chi connectivity index (χ4n) is 4.14. The largest absolute Gasteiger partial charge is 0.481 e. The molecular weight excluding hydrogens is 396 g/mol. The Kier molecular flexibility index (Phi) is 6.06. The van der Waals surface area contributed by atoms with Crippen LogP contribution in [0, 0.1) is 23.7 Å². The molecule has 2 fully saturated rings. The number of aliphatic carboxylic acids is 1. The molecule has 164 valence electrons. The SMILES string of the molecule is CC(C)CCOc1nc(N2C[C@@H]3C(C(=O)O)[C@@H]3C2)ccc1C(=O)NCc1ccncc1. The third kappa shape index (κ3) is 4.78. The molecule has 0 spiro atoms. The Balaban J connectivity index is 1.46. The summed E-state index contributed by atoms with van der Waals surface area (Å²) in [6.45, 7) is 6.45. The maximum atomic E-state index is 12.8. The van der Waals surface area contributed by atoms with Gasteiger partial charge < -0.3 is 20.1 Å². The molecule has 0 bridgehead atoms. The minimum Gasteiger partial charge on any atom is -0.481 e. The second kappa shape index (κ2) is 8.91. The molecule has 0 radical (unpaired) electrons. The molecular formula is C23H28N4O4. The maximum Gasteiger partial charge on any atom is 0.307 e. The molecule has 1 saturated carbocycles. The van der Waals surface area contributed by atoms with E-state index in [0.29, 0.717) is 43.6 Å². The zero-order valence-corrected chi connectivity index (χ0v) is 17.8. The molecule has 2 aromatic rings. The minimum absolute atomic E-state index is 0.188. The van der Waals surface area contributed by atoms with Gasteiger partial charge in [-0.1, -0.05) is 13.8 Å². The Morgan fingerprint density at radius 1 is 1.19 bits per heavy atom. The molecule has 1 aliphatic heterocycles. The van der Waals surface area contributed by atoms with Gasteiger partial charge >= 0.3 is 5.97 Å². The number of pyridine rings is 2. The van der Waals surface area contributed by atoms with Crippen LogP contribution in [0.2, 0.25) is 0 Å². The van der Waals surface area contributed by atoms with Crippen molar-refractivity contribution in [3.05, 3.63) is 47.8 Å². The number of carboxylic acid groups (broad SMARTS) is 1. The molecule has 1 amide bonds. The number of aromatic nitrogens is 2. The third-order valence-corrected chi connectivity index (χ3v) is 6.03. The van der Waals surface area contributed by atoms with Crippen LogP contribution in [0.1, 0.15) is 36.2 Å². The molecule has 2 aliphatic rings. The molecule has 1 aliphatic carbocycles. The van der Waals surface area contributed by atoms with Gasteiger partial charge in [-0.2, -0.15) is 4.98 Å². The highest BCUT2D eigenvalue weighted by Crippen LogP contribution is 2.52. The standard InChI is InChI=1S/C23H28N4O4/c1-14(2)7-10-31-22-16(21(28)25-11-15-5-8-24-9-6-15)3-4-19(26-22)27-12-17-18(13-27)20(17)23(29)30/h3-6,8-9,14,17-18,20H,7,10-13H2,1-2H3,(H,25,28)(H,29,30)/t17-,18+,20?. The number of hydrogen-bond donors (Lipinski definition) is 2. The van der Waals surface area contributed by atoms with E-state index in [1.54, 1.807) is 18.5 Å². The number of nitrogens with zero attached hydrogens (tertiary/aromatic N) is 3. The fourth-order valence-corrected chi connectivity index (χ4v) is 4.14. The molecule has 31 heavy (non-hydrogen) atoms. The van der Waals surface area contributed by atoms with Crippen molar-refractivity contribution in [2.45, 2.75) is 26.8 Å². The van der Waals surface area contributed by atoms with Gasteiger partial charge in [-0.05, 0) is 54.0 Å². The Labute approximate surface area is 181 Å². The third-order valence-electron chi connectivity index (χ3n) is 6.03. The first kappa shape index (κ1) is 21.1. The summed E-state index contributed by atoms with van der Waals surface area (Å²) in [4.78, 5) is 34.8. The summed E-state index contributed by atoms with van der Waals surface area (Å²) in [5, 5.41) is 12.1. The van der Waals surface area contributed by atoms with Gasteiger partial charge in [0.15, 0.2) is 0 Å². The van der Waals surface area contributed by atoms with Crippen LogP contribution in [-0.4, -0.2) is 46.6 Å². The summed E-state index contributed by atoms with van der Waals surface area (Å²) in [6.07, 6.45) is 4.24. The van der Waals surface area contributed by atoms with Crippen molar-refractivity contribution in [3.63, 3.8) is 0 Å². The van der Waals surface area contributed by atoms with Crippen molar-refractivity contribution in [2.24, 2.45) is 23.7 Å². The van der Waals surface area contributed by atoms with Gasteiger partial charge in [0, 0.05) is 32.0 Å². The number of fused-ring (bicyclic) bond motifs is 1. The van der Waals surface area contributed by atoms with Crippen LogP contribution in [-0.2, 0) is 11.3 Å². The molecule has 2 N–H and O–H groups in total. The van der Waals surface area contributed by atoms with Gasteiger partial charge in [-0.15, -0.1) is 0 Å². The molecule has 8 nitrogen and oxygen atoms in total. The number of ether oxygens (including phenoxy) is 1. The highest BCUT2D eigenvalue weighted by molar-refractivity contribution is 5.96. The number of anilines is 1. The Bertz CT molecular complexity index is 938. The average Bonchev–Trinajstić information content (AvgIpc) is 3.27. The van der Waals surface area contributed by atoms with Gasteiger partial charge in [0.2, 0.25) is 5.88 Å². The van der Waals surface area contributed by atoms with E-state index in [1.165, 1.54) is 0 Å². The normalized spacial score (nSPS) is 21.6. The summed E-state index contributed by atoms with van der Waals surface area (Å²) < 4.78 is 5.92. The first-order valence-corrected chi connectivity index (χ1v) is 10.7.